The van der Waals surface area contributed by atoms with Crippen molar-refractivity contribution < 1.29 is 47.5 Å². The SMILES string of the molecule is C/C=C\C/C=C\C/C=C\C/C=C\C/C=C\CCCCCC(=O)O[C@H](COC(=O)CCCCCCCCCCC/C=C\CCCCCCCC)COP(=O)(O)OC[C@H](N)C(=O)O. The zero-order chi connectivity index (χ0) is 44.9. The molecule has 0 aromatic rings. The molecule has 0 radical (unpaired) electrons. The predicted octanol–water partition coefficient (Wildman–Crippen LogP) is 12.9. The molecule has 0 aliphatic carbocycles. The van der Waals surface area contributed by atoms with Gasteiger partial charge in [0.05, 0.1) is 13.2 Å². The van der Waals surface area contributed by atoms with Gasteiger partial charge in [-0.2, -0.15) is 0 Å². The predicted molar refractivity (Wildman–Crippen MR) is 249 cm³/mol. The minimum atomic E-state index is -4.73. The summed E-state index contributed by atoms with van der Waals surface area (Å²) in [6, 6.07) is -1.53. The Morgan fingerprint density at radius 3 is 1.43 bits per heavy atom. The van der Waals surface area contributed by atoms with Crippen molar-refractivity contribution in [3.05, 3.63) is 72.9 Å². The Morgan fingerprint density at radius 2 is 0.934 bits per heavy atom. The lowest BCUT2D eigenvalue weighted by Gasteiger charge is -2.20. The third-order valence-electron chi connectivity index (χ3n) is 9.77. The first-order valence-corrected chi connectivity index (χ1v) is 24.9. The Hall–Kier alpha value is -3.08. The minimum Gasteiger partial charge on any atom is -0.480 e. The molecule has 3 atom stereocenters. The van der Waals surface area contributed by atoms with Crippen LogP contribution in [0, 0.1) is 0 Å². The van der Waals surface area contributed by atoms with Gasteiger partial charge >= 0.3 is 25.7 Å². The summed E-state index contributed by atoms with van der Waals surface area (Å²) in [4.78, 5) is 46.1. The molecule has 0 saturated carbocycles. The van der Waals surface area contributed by atoms with Gasteiger partial charge in [-0.1, -0.05) is 163 Å². The van der Waals surface area contributed by atoms with Crippen molar-refractivity contribution in [2.45, 2.75) is 199 Å². The summed E-state index contributed by atoms with van der Waals surface area (Å²) in [5.74, 6) is -2.43. The van der Waals surface area contributed by atoms with Crippen LogP contribution < -0.4 is 5.73 Å². The summed E-state index contributed by atoms with van der Waals surface area (Å²) < 4.78 is 32.7. The zero-order valence-corrected chi connectivity index (χ0v) is 38.9. The molecule has 0 rings (SSSR count). The molecule has 1 unspecified atom stereocenters. The van der Waals surface area contributed by atoms with Crippen LogP contribution >= 0.6 is 7.82 Å². The van der Waals surface area contributed by atoms with Gasteiger partial charge in [0.15, 0.2) is 6.10 Å². The van der Waals surface area contributed by atoms with Crippen LogP contribution in [0.2, 0.25) is 0 Å². The molecule has 350 valence electrons. The van der Waals surface area contributed by atoms with Gasteiger partial charge in [-0.05, 0) is 84.0 Å². The van der Waals surface area contributed by atoms with E-state index in [1.807, 2.05) is 13.0 Å². The number of nitrogens with two attached hydrogens (primary N) is 1. The maximum absolute atomic E-state index is 12.6. The molecule has 12 heteroatoms. The Morgan fingerprint density at radius 1 is 0.541 bits per heavy atom. The zero-order valence-electron chi connectivity index (χ0n) is 38.0. The Balaban J connectivity index is 4.37. The fourth-order valence-electron chi connectivity index (χ4n) is 6.08. The number of esters is 2. The van der Waals surface area contributed by atoms with Gasteiger partial charge in [-0.15, -0.1) is 0 Å². The van der Waals surface area contributed by atoms with E-state index in [9.17, 15) is 23.8 Å². The topological polar surface area (TPSA) is 172 Å². The number of aliphatic carboxylic acids is 1. The number of carbonyl (C=O) groups excluding carboxylic acids is 2. The lowest BCUT2D eigenvalue weighted by Crippen LogP contribution is -2.34. The van der Waals surface area contributed by atoms with Gasteiger partial charge in [0.1, 0.15) is 12.6 Å². The second-order valence-corrected chi connectivity index (χ2v) is 17.0. The van der Waals surface area contributed by atoms with E-state index in [-0.39, 0.29) is 19.4 Å². The van der Waals surface area contributed by atoms with Crippen LogP contribution in [0.1, 0.15) is 187 Å². The Kier molecular flexibility index (Phi) is 41.4. The highest BCUT2D eigenvalue weighted by molar-refractivity contribution is 7.47. The number of ether oxygens (including phenoxy) is 2. The summed E-state index contributed by atoms with van der Waals surface area (Å²) >= 11 is 0. The van der Waals surface area contributed by atoms with Crippen LogP contribution in [0.25, 0.3) is 0 Å². The van der Waals surface area contributed by atoms with E-state index in [0.717, 1.165) is 64.2 Å². The third kappa shape index (κ3) is 43.4. The number of phosphoric ester groups is 1. The van der Waals surface area contributed by atoms with Gasteiger partial charge in [-0.25, -0.2) is 4.57 Å². The quantitative estimate of drug-likeness (QED) is 0.0230. The number of hydrogen-bond acceptors (Lipinski definition) is 9. The number of carboxylic acids is 1. The fourth-order valence-corrected chi connectivity index (χ4v) is 6.85. The molecule has 0 saturated heterocycles. The highest BCUT2D eigenvalue weighted by atomic mass is 31.2. The summed E-state index contributed by atoms with van der Waals surface area (Å²) in [5.41, 5.74) is 5.34. The Bertz CT molecular complexity index is 1310. The second-order valence-electron chi connectivity index (χ2n) is 15.5. The third-order valence-corrected chi connectivity index (χ3v) is 10.7. The van der Waals surface area contributed by atoms with Gasteiger partial charge in [0, 0.05) is 12.8 Å². The molecule has 0 amide bonds. The standard InChI is InChI=1S/C49H84NO10P/c1-3-5-7-9-11-13-15-17-19-21-23-25-26-28-30-32-34-36-38-40-47(51)57-42-45(43-58-61(55,56)59-44-46(50)49(53)54)60-48(52)41-39-37-35-33-31-29-27-24-22-20-18-16-14-12-10-8-6-4-2/h4,6,10,12,16-19,22,24,29,31,45-46H,3,5,7-9,11,13-15,20-21,23,25-28,30,32-44,50H2,1-2H3,(H,53,54)(H,55,56)/b6-4-,12-10-,18-16-,19-17-,24-22-,31-29-/t45-,46+/m1/s1. The van der Waals surface area contributed by atoms with Gasteiger partial charge < -0.3 is 25.2 Å². The molecule has 0 aromatic carbocycles. The second kappa shape index (κ2) is 43.6. The van der Waals surface area contributed by atoms with E-state index in [1.165, 1.54) is 83.5 Å². The summed E-state index contributed by atoms with van der Waals surface area (Å²) in [6.07, 6.45) is 52.6. The number of unbranched alkanes of at least 4 members (excludes halogenated alkanes) is 18. The van der Waals surface area contributed by atoms with Crippen molar-refractivity contribution in [1.29, 1.82) is 0 Å². The molecule has 0 heterocycles. The van der Waals surface area contributed by atoms with Crippen molar-refractivity contribution in [2.24, 2.45) is 5.73 Å². The van der Waals surface area contributed by atoms with E-state index in [1.54, 1.807) is 0 Å². The van der Waals surface area contributed by atoms with E-state index >= 15 is 0 Å². The average molecular weight is 878 g/mol. The number of phosphoric acid groups is 1. The molecular formula is C49H84NO10P. The van der Waals surface area contributed by atoms with Crippen LogP contribution in [-0.4, -0.2) is 59.9 Å². The number of rotatable bonds is 43. The van der Waals surface area contributed by atoms with Crippen molar-refractivity contribution in [2.75, 3.05) is 19.8 Å². The molecule has 0 spiro atoms. The van der Waals surface area contributed by atoms with Gasteiger partial charge in [0.25, 0.3) is 0 Å². The number of allylic oxidation sites excluding steroid dienone is 12. The summed E-state index contributed by atoms with van der Waals surface area (Å²) in [7, 11) is -4.73. The highest BCUT2D eigenvalue weighted by Crippen LogP contribution is 2.43. The normalized spacial score (nSPS) is 14.3. The van der Waals surface area contributed by atoms with Crippen molar-refractivity contribution in [3.63, 3.8) is 0 Å². The smallest absolute Gasteiger partial charge is 0.472 e. The van der Waals surface area contributed by atoms with Crippen molar-refractivity contribution in [3.8, 4) is 0 Å². The molecule has 61 heavy (non-hydrogen) atoms. The maximum atomic E-state index is 12.6. The molecule has 11 nitrogen and oxygen atoms in total. The lowest BCUT2D eigenvalue weighted by atomic mass is 10.1. The molecule has 0 aliphatic rings. The Labute approximate surface area is 370 Å². The average Bonchev–Trinajstić information content (AvgIpc) is 3.24. The van der Waals surface area contributed by atoms with Crippen molar-refractivity contribution in [1.82, 2.24) is 0 Å². The van der Waals surface area contributed by atoms with Gasteiger partial charge in [-0.3, -0.25) is 23.4 Å². The number of hydrogen-bond donors (Lipinski definition) is 3. The first-order valence-electron chi connectivity index (χ1n) is 23.4. The molecule has 0 aromatic heterocycles. The summed E-state index contributed by atoms with van der Waals surface area (Å²) in [5, 5.41) is 8.90. The highest BCUT2D eigenvalue weighted by Gasteiger charge is 2.28. The van der Waals surface area contributed by atoms with E-state index in [4.69, 9.17) is 24.8 Å². The van der Waals surface area contributed by atoms with E-state index in [0.29, 0.717) is 12.8 Å². The lowest BCUT2D eigenvalue weighted by molar-refractivity contribution is -0.161. The molecule has 0 fully saturated rings. The monoisotopic (exact) mass is 878 g/mol. The number of carboxylic acid groups (broad SMARTS) is 1. The van der Waals surface area contributed by atoms with Crippen molar-refractivity contribution >= 4 is 25.7 Å². The fraction of sp³-hybridized carbons (Fsp3) is 0.694. The maximum Gasteiger partial charge on any atom is 0.472 e. The molecular weight excluding hydrogens is 794 g/mol. The van der Waals surface area contributed by atoms with E-state index < -0.39 is 51.1 Å². The largest absolute Gasteiger partial charge is 0.480 e. The molecule has 4 N–H and O–H groups in total. The minimum absolute atomic E-state index is 0.118. The first kappa shape index (κ1) is 57.9. The van der Waals surface area contributed by atoms with Crippen LogP contribution in [0.5, 0.6) is 0 Å². The molecule has 0 bridgehead atoms. The number of carbonyl (C=O) groups is 3. The molecule has 0 aliphatic heterocycles. The van der Waals surface area contributed by atoms with Crippen LogP contribution in [0.3, 0.4) is 0 Å². The van der Waals surface area contributed by atoms with Crippen LogP contribution in [0.15, 0.2) is 72.9 Å². The van der Waals surface area contributed by atoms with Crippen LogP contribution in [-0.2, 0) is 37.5 Å². The van der Waals surface area contributed by atoms with E-state index in [2.05, 4.69) is 78.3 Å². The summed E-state index contributed by atoms with van der Waals surface area (Å²) in [6.45, 7) is 2.55. The van der Waals surface area contributed by atoms with Crippen LogP contribution in [0.4, 0.5) is 0 Å². The first-order chi connectivity index (χ1) is 29.6. The van der Waals surface area contributed by atoms with Gasteiger partial charge in [0.2, 0.25) is 0 Å².